The monoisotopic (exact) mass is 418 g/mol. The van der Waals surface area contributed by atoms with Crippen molar-refractivity contribution in [2.24, 2.45) is 0 Å². The molecule has 0 N–H and O–H groups in total. The molecule has 2 heterocycles. The van der Waals surface area contributed by atoms with E-state index in [1.807, 2.05) is 11.3 Å². The highest BCUT2D eigenvalue weighted by molar-refractivity contribution is 7.13. The Morgan fingerprint density at radius 1 is 0.714 bits per heavy atom. The Balaban J connectivity index is 0.000000696. The molecule has 0 spiro atoms. The van der Waals surface area contributed by atoms with Gasteiger partial charge in [0.2, 0.25) is 0 Å². The Labute approximate surface area is 170 Å². The van der Waals surface area contributed by atoms with Crippen LogP contribution in [0.5, 0.6) is 0 Å². The van der Waals surface area contributed by atoms with Crippen LogP contribution in [-0.2, 0) is 16.2 Å². The van der Waals surface area contributed by atoms with Crippen molar-refractivity contribution in [1.82, 2.24) is 0 Å². The lowest BCUT2D eigenvalue weighted by Crippen LogP contribution is -2.16. The summed E-state index contributed by atoms with van der Waals surface area (Å²) in [5.41, 5.74) is 2.85. The Hall–Kier alpha value is -1.37. The lowest BCUT2D eigenvalue weighted by atomic mass is 9.87. The molecule has 0 aliphatic carbocycles. The zero-order valence-electron chi connectivity index (χ0n) is 18.2. The van der Waals surface area contributed by atoms with Gasteiger partial charge in [0.1, 0.15) is 0 Å². The van der Waals surface area contributed by atoms with Crippen molar-refractivity contribution >= 4 is 18.6 Å². The van der Waals surface area contributed by atoms with Crippen molar-refractivity contribution in [3.05, 3.63) is 40.7 Å². The summed E-state index contributed by atoms with van der Waals surface area (Å²) in [5, 5.41) is 2.28. The second kappa shape index (κ2) is 8.17. The molecule has 0 bridgehead atoms. The zero-order valence-corrected chi connectivity index (χ0v) is 19.0. The van der Waals surface area contributed by atoms with Crippen molar-refractivity contribution in [1.29, 1.82) is 0 Å². The first-order valence-electron chi connectivity index (χ1n) is 9.24. The smallest absolute Gasteiger partial charge is 0.418 e. The molecule has 1 nitrogen and oxygen atoms in total. The van der Waals surface area contributed by atoms with Crippen molar-refractivity contribution in [3.8, 4) is 10.4 Å². The number of rotatable bonds is 1. The van der Waals surface area contributed by atoms with Gasteiger partial charge in [-0.25, -0.2) is 4.42 Å². The Morgan fingerprint density at radius 2 is 1.11 bits per heavy atom. The van der Waals surface area contributed by atoms with E-state index in [2.05, 4.69) is 85.9 Å². The first-order chi connectivity index (χ1) is 12.3. The fourth-order valence-electron chi connectivity index (χ4n) is 2.26. The van der Waals surface area contributed by atoms with Crippen LogP contribution in [0.3, 0.4) is 0 Å². The maximum Gasteiger partial charge on any atom is 0.673 e. The number of thiophene rings is 1. The summed E-state index contributed by atoms with van der Waals surface area (Å²) in [6.45, 7) is 20.0. The highest BCUT2D eigenvalue weighted by atomic mass is 32.1. The van der Waals surface area contributed by atoms with Gasteiger partial charge in [-0.2, -0.15) is 0 Å². The Bertz CT molecular complexity index is 752. The van der Waals surface area contributed by atoms with Crippen LogP contribution in [0.1, 0.15) is 79.4 Å². The molecule has 2 aromatic rings. The summed E-state index contributed by atoms with van der Waals surface area (Å²) < 4.78 is 45.2. The predicted molar refractivity (Wildman–Crippen MR) is 113 cm³/mol. The number of hydrogen-bond acceptors (Lipinski definition) is 1. The van der Waals surface area contributed by atoms with E-state index in [0.717, 1.165) is 11.5 Å². The summed E-state index contributed by atoms with van der Waals surface area (Å²) >= 11 is 1.83. The van der Waals surface area contributed by atoms with Crippen LogP contribution in [0.15, 0.2) is 28.0 Å². The minimum atomic E-state index is -6.00. The lowest BCUT2D eigenvalue weighted by molar-refractivity contribution is 0.329. The molecule has 0 aromatic carbocycles. The summed E-state index contributed by atoms with van der Waals surface area (Å²) in [7, 11) is -6.00. The van der Waals surface area contributed by atoms with Crippen LogP contribution < -0.4 is 0 Å². The maximum absolute atomic E-state index is 9.75. The standard InChI is InChI=1S/C21H31OS.BF4/c1-19(2,3)15-12-16(23-13-15)14-10-17(20(4,5)6)22-18(11-14)21(7,8)9;2-1(3,4)5/h10-13H,1-9H3;/q+1;-1. The molecule has 0 fully saturated rings. The van der Waals surface area contributed by atoms with E-state index >= 15 is 0 Å². The van der Waals surface area contributed by atoms with E-state index in [9.17, 15) is 17.3 Å². The van der Waals surface area contributed by atoms with Crippen molar-refractivity contribution < 1.29 is 21.7 Å². The molecule has 0 radical (unpaired) electrons. The van der Waals surface area contributed by atoms with Crippen LogP contribution in [0.4, 0.5) is 17.3 Å². The van der Waals surface area contributed by atoms with Crippen LogP contribution in [0.2, 0.25) is 0 Å². The summed E-state index contributed by atoms with van der Waals surface area (Å²) in [6.07, 6.45) is 0. The third-order valence-electron chi connectivity index (χ3n) is 4.02. The average Bonchev–Trinajstić information content (AvgIpc) is 2.93. The van der Waals surface area contributed by atoms with Crippen molar-refractivity contribution in [3.63, 3.8) is 0 Å². The quantitative estimate of drug-likeness (QED) is 0.257. The maximum atomic E-state index is 9.75. The fraction of sp³-hybridized carbons (Fsp3) is 0.571. The van der Waals surface area contributed by atoms with Gasteiger partial charge in [0.05, 0.1) is 10.8 Å². The molecule has 0 saturated heterocycles. The number of hydrogen-bond donors (Lipinski definition) is 0. The minimum absolute atomic E-state index is 0.000126. The topological polar surface area (TPSA) is 11.3 Å². The largest absolute Gasteiger partial charge is 0.673 e. The molecule has 7 heteroatoms. The van der Waals surface area contributed by atoms with Crippen molar-refractivity contribution in [2.75, 3.05) is 0 Å². The second-order valence-electron chi connectivity index (χ2n) is 10.0. The number of halogens is 4. The Kier molecular flexibility index (Phi) is 7.20. The molecule has 0 aliphatic heterocycles. The molecule has 0 aliphatic rings. The minimum Gasteiger partial charge on any atom is -0.418 e. The first kappa shape index (κ1) is 24.7. The van der Waals surface area contributed by atoms with E-state index in [1.54, 1.807) is 0 Å². The summed E-state index contributed by atoms with van der Waals surface area (Å²) in [6, 6.07) is 6.76. The third-order valence-corrected chi connectivity index (χ3v) is 5.00. The molecule has 0 unspecified atom stereocenters. The average molecular weight is 418 g/mol. The van der Waals surface area contributed by atoms with Gasteiger partial charge in [-0.15, -0.1) is 11.3 Å². The highest BCUT2D eigenvalue weighted by Gasteiger charge is 2.34. The molecule has 2 aromatic heterocycles. The van der Waals surface area contributed by atoms with Gasteiger partial charge in [0.15, 0.2) is 0 Å². The lowest BCUT2D eigenvalue weighted by Gasteiger charge is -2.16. The molecule has 28 heavy (non-hydrogen) atoms. The van der Waals surface area contributed by atoms with Crippen LogP contribution in [0.25, 0.3) is 10.4 Å². The normalized spacial score (nSPS) is 13.2. The van der Waals surface area contributed by atoms with E-state index in [0.29, 0.717) is 0 Å². The molecule has 158 valence electrons. The Morgan fingerprint density at radius 3 is 1.39 bits per heavy atom. The van der Waals surface area contributed by atoms with Gasteiger partial charge in [-0.3, -0.25) is 0 Å². The van der Waals surface area contributed by atoms with Crippen molar-refractivity contribution in [2.45, 2.75) is 78.6 Å². The van der Waals surface area contributed by atoms with E-state index < -0.39 is 7.25 Å². The van der Waals surface area contributed by atoms with Crippen LogP contribution in [-0.4, -0.2) is 7.25 Å². The fourth-order valence-corrected chi connectivity index (χ4v) is 3.39. The van der Waals surface area contributed by atoms with Gasteiger partial charge < -0.3 is 17.3 Å². The highest BCUT2D eigenvalue weighted by Crippen LogP contribution is 2.38. The van der Waals surface area contributed by atoms with Crippen LogP contribution >= 0.6 is 11.3 Å². The SMILES string of the molecule is CC(C)(C)c1csc(-c2cc(C(C)(C)C)[o+]c(C(C)(C)C)c2)c1.F[B-](F)(F)F. The first-order valence-corrected chi connectivity index (χ1v) is 10.1. The van der Waals surface area contributed by atoms with Crippen LogP contribution in [0, 0.1) is 0 Å². The zero-order chi connectivity index (χ0) is 22.1. The molecule has 2 rings (SSSR count). The van der Waals surface area contributed by atoms with E-state index in [-0.39, 0.29) is 16.2 Å². The summed E-state index contributed by atoms with van der Waals surface area (Å²) in [5.74, 6) is 2.09. The molecular weight excluding hydrogens is 387 g/mol. The van der Waals surface area contributed by atoms with Gasteiger partial charge in [-0.1, -0.05) is 20.8 Å². The van der Waals surface area contributed by atoms with E-state index in [1.165, 1.54) is 16.0 Å². The summed E-state index contributed by atoms with van der Waals surface area (Å²) in [4.78, 5) is 1.32. The second-order valence-corrected chi connectivity index (χ2v) is 10.9. The van der Waals surface area contributed by atoms with Gasteiger partial charge in [0, 0.05) is 22.6 Å². The molecular formula is C21H31BF4OS. The predicted octanol–water partition coefficient (Wildman–Crippen LogP) is 8.48. The van der Waals surface area contributed by atoms with E-state index in [4.69, 9.17) is 4.42 Å². The van der Waals surface area contributed by atoms with Gasteiger partial charge in [0.25, 0.3) is 0 Å². The van der Waals surface area contributed by atoms with Gasteiger partial charge in [-0.05, 0) is 64.0 Å². The third kappa shape index (κ3) is 7.94. The molecule has 0 amide bonds. The molecule has 0 saturated carbocycles. The van der Waals surface area contributed by atoms with Gasteiger partial charge >= 0.3 is 18.8 Å². The molecule has 0 atom stereocenters.